The third kappa shape index (κ3) is 9.52. The Morgan fingerprint density at radius 3 is 2.31 bits per heavy atom. The predicted octanol–water partition coefficient (Wildman–Crippen LogP) is 1.62. The molecule has 6 rings (SSSR count). The number of carboxylic acids is 1. The molecule has 0 spiro atoms. The number of nitrogens with zero attached hydrogens (tertiary/aromatic N) is 4. The maximum absolute atomic E-state index is 14.3. The average molecular weight is 757 g/mol. The van der Waals surface area contributed by atoms with Gasteiger partial charge in [-0.2, -0.15) is 13.2 Å². The molecule has 18 heteroatoms. The standard InChI is InChI=1S/C36H43F3N8O7/c1-19(2)30(43-31(48)20(3)40-4)34(51)46-17-25-15-29(46)33(50)41-27(13-21-5-9-23(10-6-21)36(37,38)39)32(49)42-28(35(52)53)14-22-7-11-26(12-8-22)54-18-24-16-47(25)45-44-24/h5-12,16,19-20,25,27-30,40H,13-15,17-18H2,1-4H3,(H,41,50)(H,42,49)(H,43,48)(H,52,53)/t20-,25-,27-,28-,29-,30-/m0/s1. The van der Waals surface area contributed by atoms with Crippen molar-refractivity contribution in [1.82, 2.24) is 41.2 Å². The highest BCUT2D eigenvalue weighted by Gasteiger charge is 2.45. The smallest absolute Gasteiger partial charge is 0.416 e. The van der Waals surface area contributed by atoms with Crippen molar-refractivity contribution in [3.05, 3.63) is 77.1 Å². The van der Waals surface area contributed by atoms with Crippen LogP contribution >= 0.6 is 0 Å². The van der Waals surface area contributed by atoms with E-state index in [0.717, 1.165) is 12.1 Å². The molecule has 3 aliphatic rings. The van der Waals surface area contributed by atoms with E-state index in [1.54, 1.807) is 58.3 Å². The number of aliphatic carboxylic acids is 1. The number of carbonyl (C=O) groups excluding carboxylic acids is 4. The zero-order valence-corrected chi connectivity index (χ0v) is 30.1. The number of rotatable bonds is 8. The summed E-state index contributed by atoms with van der Waals surface area (Å²) in [5.41, 5.74) is 0.331. The summed E-state index contributed by atoms with van der Waals surface area (Å²) < 4.78 is 47.3. The molecule has 1 saturated heterocycles. The molecule has 54 heavy (non-hydrogen) atoms. The first-order valence-corrected chi connectivity index (χ1v) is 17.4. The van der Waals surface area contributed by atoms with Crippen molar-refractivity contribution in [3.63, 3.8) is 0 Å². The molecule has 5 N–H and O–H groups in total. The van der Waals surface area contributed by atoms with Crippen molar-refractivity contribution in [2.24, 2.45) is 5.92 Å². The van der Waals surface area contributed by atoms with E-state index in [-0.39, 0.29) is 38.0 Å². The quantitative estimate of drug-likeness (QED) is 0.225. The lowest BCUT2D eigenvalue weighted by atomic mass is 10.0. The Bertz CT molecular complexity index is 1830. The minimum atomic E-state index is -4.61. The maximum Gasteiger partial charge on any atom is 0.416 e. The summed E-state index contributed by atoms with van der Waals surface area (Å²) in [6, 6.07) is 4.20. The number of alkyl halides is 3. The van der Waals surface area contributed by atoms with Crippen LogP contribution in [0.5, 0.6) is 5.75 Å². The highest BCUT2D eigenvalue weighted by molar-refractivity contribution is 5.96. The molecular formula is C36H43F3N8O7. The molecular weight excluding hydrogens is 713 g/mol. The van der Waals surface area contributed by atoms with Gasteiger partial charge in [-0.15, -0.1) is 5.10 Å². The van der Waals surface area contributed by atoms with E-state index in [1.165, 1.54) is 21.7 Å². The molecule has 1 fully saturated rings. The molecule has 290 valence electrons. The lowest BCUT2D eigenvalue weighted by Crippen LogP contribution is -2.59. The lowest BCUT2D eigenvalue weighted by Gasteiger charge is -2.32. The van der Waals surface area contributed by atoms with Crippen LogP contribution in [0.2, 0.25) is 0 Å². The Morgan fingerprint density at radius 2 is 1.70 bits per heavy atom. The van der Waals surface area contributed by atoms with Crippen molar-refractivity contribution in [1.29, 1.82) is 0 Å². The number of likely N-dealkylation sites (N-methyl/N-ethyl adjacent to an activating group) is 1. The zero-order chi connectivity index (χ0) is 39.3. The Balaban J connectivity index is 1.53. The van der Waals surface area contributed by atoms with E-state index in [4.69, 9.17) is 4.74 Å². The van der Waals surface area contributed by atoms with Gasteiger partial charge in [-0.1, -0.05) is 43.3 Å². The van der Waals surface area contributed by atoms with Gasteiger partial charge in [0, 0.05) is 25.8 Å². The van der Waals surface area contributed by atoms with Crippen molar-refractivity contribution in [3.8, 4) is 5.75 Å². The van der Waals surface area contributed by atoms with Gasteiger partial charge >= 0.3 is 12.1 Å². The van der Waals surface area contributed by atoms with Gasteiger partial charge in [-0.25, -0.2) is 9.48 Å². The van der Waals surface area contributed by atoms with E-state index < -0.39 is 83.5 Å². The van der Waals surface area contributed by atoms with Crippen molar-refractivity contribution in [2.45, 2.75) is 89.1 Å². The fourth-order valence-electron chi connectivity index (χ4n) is 6.29. The number of halogens is 3. The van der Waals surface area contributed by atoms with E-state index in [0.29, 0.717) is 17.0 Å². The van der Waals surface area contributed by atoms with Crippen LogP contribution < -0.4 is 26.0 Å². The first-order valence-electron chi connectivity index (χ1n) is 17.4. The van der Waals surface area contributed by atoms with Gasteiger partial charge in [0.05, 0.1) is 23.8 Å². The van der Waals surface area contributed by atoms with Crippen LogP contribution in [0.3, 0.4) is 0 Å². The first-order chi connectivity index (χ1) is 25.5. The van der Waals surface area contributed by atoms with Crippen LogP contribution in [0.25, 0.3) is 0 Å². The molecule has 0 unspecified atom stereocenters. The molecule has 6 atom stereocenters. The third-order valence-corrected chi connectivity index (χ3v) is 9.57. The van der Waals surface area contributed by atoms with Gasteiger partial charge in [-0.3, -0.25) is 19.2 Å². The summed E-state index contributed by atoms with van der Waals surface area (Å²) in [5, 5.41) is 29.2. The Hall–Kier alpha value is -5.52. The number of aromatic nitrogens is 3. The zero-order valence-electron chi connectivity index (χ0n) is 30.1. The second-order valence-electron chi connectivity index (χ2n) is 13.8. The van der Waals surface area contributed by atoms with Crippen molar-refractivity contribution < 1.29 is 47.0 Å². The largest absolute Gasteiger partial charge is 0.487 e. The van der Waals surface area contributed by atoms with Crippen LogP contribution in [0.15, 0.2) is 54.7 Å². The number of hydrogen-bond acceptors (Lipinski definition) is 9. The summed E-state index contributed by atoms with van der Waals surface area (Å²) in [4.78, 5) is 68.9. The molecule has 2 aromatic carbocycles. The monoisotopic (exact) mass is 756 g/mol. The van der Waals surface area contributed by atoms with E-state index >= 15 is 0 Å². The van der Waals surface area contributed by atoms with Gasteiger partial charge in [0.25, 0.3) is 0 Å². The number of ether oxygens (including phenoxy) is 1. The number of likely N-dealkylation sites (tertiary alicyclic amines) is 1. The average Bonchev–Trinajstić information content (AvgIpc) is 3.79. The summed E-state index contributed by atoms with van der Waals surface area (Å²) in [6.45, 7) is 5.11. The fraction of sp³-hybridized carbons (Fsp3) is 0.472. The number of amides is 4. The molecule has 15 nitrogen and oxygen atoms in total. The van der Waals surface area contributed by atoms with Gasteiger partial charge in [0.1, 0.15) is 42.2 Å². The normalized spacial score (nSPS) is 21.9. The molecule has 4 heterocycles. The SMILES string of the molecule is CN[C@@H](C)C(=O)N[C@H](C(=O)N1C[C@@H]2C[C@H]1C(=O)N[C@@H](Cc1ccc(C(F)(F)F)cc1)C(=O)N[C@H](C(=O)O)Cc1ccc(cc1)OCc1cn2nn1)C(C)C. The molecule has 0 aliphatic carbocycles. The molecule has 4 amide bonds. The van der Waals surface area contributed by atoms with Crippen molar-refractivity contribution in [2.75, 3.05) is 13.6 Å². The predicted molar refractivity (Wildman–Crippen MR) is 186 cm³/mol. The van der Waals surface area contributed by atoms with Crippen LogP contribution in [0.1, 0.15) is 55.6 Å². The minimum Gasteiger partial charge on any atom is -0.487 e. The lowest BCUT2D eigenvalue weighted by molar-refractivity contribution is -0.144. The van der Waals surface area contributed by atoms with Crippen LogP contribution in [0, 0.1) is 5.92 Å². The van der Waals surface area contributed by atoms with Gasteiger partial charge in [0.15, 0.2) is 0 Å². The second-order valence-corrected chi connectivity index (χ2v) is 13.8. The number of nitrogens with one attached hydrogen (secondary N) is 4. The summed E-state index contributed by atoms with van der Waals surface area (Å²) in [6.07, 6.45) is -3.42. The number of carbonyl (C=O) groups is 5. The number of carboxylic acid groups (broad SMARTS) is 1. The van der Waals surface area contributed by atoms with Crippen LogP contribution in [-0.2, 0) is 49.6 Å². The molecule has 6 bridgehead atoms. The Morgan fingerprint density at radius 1 is 1.02 bits per heavy atom. The molecule has 3 aromatic rings. The second kappa shape index (κ2) is 16.7. The van der Waals surface area contributed by atoms with Gasteiger partial charge in [0.2, 0.25) is 23.6 Å². The van der Waals surface area contributed by atoms with Crippen LogP contribution in [0.4, 0.5) is 13.2 Å². The highest BCUT2D eigenvalue weighted by atomic mass is 19.4. The molecule has 0 saturated carbocycles. The number of hydrogen-bond donors (Lipinski definition) is 5. The molecule has 0 radical (unpaired) electrons. The summed E-state index contributed by atoms with van der Waals surface area (Å²) >= 11 is 0. The minimum absolute atomic E-state index is 0.0143. The highest BCUT2D eigenvalue weighted by Crippen LogP contribution is 2.31. The van der Waals surface area contributed by atoms with E-state index in [2.05, 4.69) is 31.6 Å². The number of fused-ring (bicyclic) bond motifs is 9. The molecule has 3 aliphatic heterocycles. The van der Waals surface area contributed by atoms with E-state index in [9.17, 15) is 42.3 Å². The summed E-state index contributed by atoms with van der Waals surface area (Å²) in [5.74, 6) is -3.99. The van der Waals surface area contributed by atoms with Gasteiger partial charge in [-0.05, 0) is 55.3 Å². The topological polar surface area (TPSA) is 197 Å². The van der Waals surface area contributed by atoms with Crippen molar-refractivity contribution >= 4 is 29.6 Å². The number of benzene rings is 2. The molecule has 1 aromatic heterocycles. The Labute approximate surface area is 309 Å². The van der Waals surface area contributed by atoms with Gasteiger partial charge < -0.3 is 36.0 Å². The van der Waals surface area contributed by atoms with E-state index in [1.807, 2.05) is 0 Å². The first kappa shape index (κ1) is 39.7. The maximum atomic E-state index is 14.3. The summed E-state index contributed by atoms with van der Waals surface area (Å²) in [7, 11) is 1.59. The Kier molecular flexibility index (Phi) is 12.2. The third-order valence-electron chi connectivity index (χ3n) is 9.57. The fourth-order valence-corrected chi connectivity index (χ4v) is 6.29. The van der Waals surface area contributed by atoms with Crippen LogP contribution in [-0.4, -0.2) is 98.4 Å².